The molecule has 2 heterocycles. The van der Waals surface area contributed by atoms with Crippen molar-refractivity contribution < 1.29 is 14.3 Å². The lowest BCUT2D eigenvalue weighted by molar-refractivity contribution is -0.123. The van der Waals surface area contributed by atoms with Gasteiger partial charge in [0, 0.05) is 49.2 Å². The Morgan fingerprint density at radius 1 is 0.939 bits per heavy atom. The first-order valence-corrected chi connectivity index (χ1v) is 16.9. The predicted octanol–water partition coefficient (Wildman–Crippen LogP) is 5.78. The predicted molar refractivity (Wildman–Crippen MR) is 192 cm³/mol. The summed E-state index contributed by atoms with van der Waals surface area (Å²) in [4.78, 5) is 53.0. The number of hydrogen-bond donors (Lipinski definition) is 3. The molecule has 1 amide bonds. The SMILES string of the molecule is CCOc1ccc(C(=O)CC(C(=O)NC2CCC(Nc3nc(N(C)C)c4ccccc4n3)CC2)c2c(C)[nH]n(-c3ccccc3)c2=O)cc1. The first kappa shape index (κ1) is 33.5. The lowest BCUT2D eigenvalue weighted by Gasteiger charge is -2.31. The van der Waals surface area contributed by atoms with Gasteiger partial charge in [-0.1, -0.05) is 30.3 Å². The molecule has 5 aromatic rings. The van der Waals surface area contributed by atoms with E-state index in [0.29, 0.717) is 40.8 Å². The number of benzene rings is 3. The van der Waals surface area contributed by atoms with E-state index in [1.54, 1.807) is 31.2 Å². The maximum atomic E-state index is 14.1. The van der Waals surface area contributed by atoms with E-state index in [2.05, 4.69) is 15.7 Å². The summed E-state index contributed by atoms with van der Waals surface area (Å²) in [5.74, 6) is 0.570. The minimum absolute atomic E-state index is 0.0981. The highest BCUT2D eigenvalue weighted by Crippen LogP contribution is 2.28. The van der Waals surface area contributed by atoms with Crippen LogP contribution in [0.1, 0.15) is 66.6 Å². The van der Waals surface area contributed by atoms with Crippen LogP contribution in [0.25, 0.3) is 16.6 Å². The smallest absolute Gasteiger partial charge is 0.275 e. The number of aromatic nitrogens is 4. The molecule has 2 aromatic heterocycles. The van der Waals surface area contributed by atoms with Gasteiger partial charge in [0.1, 0.15) is 11.6 Å². The maximum absolute atomic E-state index is 14.1. The van der Waals surface area contributed by atoms with Crippen molar-refractivity contribution in [1.29, 1.82) is 0 Å². The molecule has 0 aliphatic heterocycles. The van der Waals surface area contributed by atoms with Gasteiger partial charge < -0.3 is 20.3 Å². The van der Waals surface area contributed by atoms with Crippen molar-refractivity contribution in [3.05, 3.63) is 106 Å². The molecule has 0 bridgehead atoms. The van der Waals surface area contributed by atoms with Gasteiger partial charge in [-0.2, -0.15) is 4.98 Å². The number of ether oxygens (including phenoxy) is 1. The molecule has 6 rings (SSSR count). The molecular weight excluding hydrogens is 618 g/mol. The van der Waals surface area contributed by atoms with Gasteiger partial charge in [0.05, 0.1) is 29.3 Å². The second-order valence-corrected chi connectivity index (χ2v) is 12.7. The number of rotatable bonds is 12. The van der Waals surface area contributed by atoms with Crippen LogP contribution in [0.15, 0.2) is 83.7 Å². The molecule has 11 heteroatoms. The van der Waals surface area contributed by atoms with Crippen molar-refractivity contribution in [2.75, 3.05) is 30.9 Å². The molecule has 3 aromatic carbocycles. The van der Waals surface area contributed by atoms with E-state index in [4.69, 9.17) is 14.7 Å². The Balaban J connectivity index is 1.18. The summed E-state index contributed by atoms with van der Waals surface area (Å²) in [5.41, 5.74) is 2.48. The lowest BCUT2D eigenvalue weighted by atomic mass is 9.88. The molecule has 1 aliphatic carbocycles. The fraction of sp³-hybridized carbons (Fsp3) is 0.342. The minimum atomic E-state index is -0.973. The number of nitrogens with one attached hydrogen (secondary N) is 3. The third-order valence-electron chi connectivity index (χ3n) is 9.09. The standard InChI is InChI=1S/C38H43N7O4/c1-5-49-29-21-15-25(16-22-29)33(46)23-31(34-24(2)43-45(37(34)48)28-11-7-6-8-12-28)36(47)39-26-17-19-27(20-18-26)40-38-41-32-14-10-9-13-30(32)35(42-38)44(3)4/h6-16,21-22,26-27,31,43H,5,17-20,23H2,1-4H3,(H,39,47)(H,40,41,42). The largest absolute Gasteiger partial charge is 0.494 e. The Labute approximate surface area is 285 Å². The van der Waals surface area contributed by atoms with E-state index in [-0.39, 0.29) is 35.8 Å². The van der Waals surface area contributed by atoms with Gasteiger partial charge in [-0.3, -0.25) is 19.5 Å². The van der Waals surface area contributed by atoms with Crippen molar-refractivity contribution in [3.8, 4) is 11.4 Å². The van der Waals surface area contributed by atoms with Crippen LogP contribution in [-0.2, 0) is 4.79 Å². The van der Waals surface area contributed by atoms with Crippen molar-refractivity contribution in [2.45, 2.75) is 64.0 Å². The molecule has 0 saturated heterocycles. The summed E-state index contributed by atoms with van der Waals surface area (Å²) in [5, 5.41) is 10.8. The van der Waals surface area contributed by atoms with E-state index in [0.717, 1.165) is 42.4 Å². The van der Waals surface area contributed by atoms with Gasteiger partial charge >= 0.3 is 0 Å². The summed E-state index contributed by atoms with van der Waals surface area (Å²) < 4.78 is 6.96. The van der Waals surface area contributed by atoms with Crippen molar-refractivity contribution in [1.82, 2.24) is 25.1 Å². The molecule has 1 fully saturated rings. The van der Waals surface area contributed by atoms with Crippen LogP contribution in [0, 0.1) is 6.92 Å². The van der Waals surface area contributed by atoms with Crippen LogP contribution in [0.5, 0.6) is 5.75 Å². The van der Waals surface area contributed by atoms with Gasteiger partial charge in [-0.15, -0.1) is 0 Å². The number of ketones is 1. The van der Waals surface area contributed by atoms with Gasteiger partial charge in [0.15, 0.2) is 5.78 Å². The maximum Gasteiger partial charge on any atom is 0.275 e. The Hall–Kier alpha value is -5.45. The average Bonchev–Trinajstić information content (AvgIpc) is 3.41. The fourth-order valence-electron chi connectivity index (χ4n) is 6.59. The number of carbonyl (C=O) groups is 2. The quantitative estimate of drug-likeness (QED) is 0.143. The number of aromatic amines is 1. The van der Waals surface area contributed by atoms with Crippen LogP contribution < -0.4 is 25.8 Å². The monoisotopic (exact) mass is 661 g/mol. The van der Waals surface area contributed by atoms with Crippen LogP contribution in [0.2, 0.25) is 0 Å². The summed E-state index contributed by atoms with van der Waals surface area (Å²) in [6.07, 6.45) is 2.93. The number of para-hydroxylation sites is 2. The zero-order valence-electron chi connectivity index (χ0n) is 28.4. The Kier molecular flexibility index (Phi) is 10.1. The topological polar surface area (TPSA) is 134 Å². The molecule has 1 atom stereocenters. The van der Waals surface area contributed by atoms with E-state index in [1.165, 1.54) is 4.68 Å². The van der Waals surface area contributed by atoms with Crippen molar-refractivity contribution in [2.24, 2.45) is 0 Å². The molecule has 11 nitrogen and oxygen atoms in total. The number of H-pyrrole nitrogens is 1. The van der Waals surface area contributed by atoms with Crippen LogP contribution in [0.4, 0.5) is 11.8 Å². The lowest BCUT2D eigenvalue weighted by Crippen LogP contribution is -2.43. The normalized spacial score (nSPS) is 16.6. The molecule has 0 radical (unpaired) electrons. The van der Waals surface area contributed by atoms with Crippen LogP contribution >= 0.6 is 0 Å². The van der Waals surface area contributed by atoms with E-state index in [9.17, 15) is 14.4 Å². The fourth-order valence-corrected chi connectivity index (χ4v) is 6.59. The third-order valence-corrected chi connectivity index (χ3v) is 9.09. The number of hydrogen-bond acceptors (Lipinski definition) is 8. The minimum Gasteiger partial charge on any atom is -0.494 e. The highest BCUT2D eigenvalue weighted by atomic mass is 16.5. The van der Waals surface area contributed by atoms with Crippen molar-refractivity contribution in [3.63, 3.8) is 0 Å². The number of anilines is 2. The molecule has 254 valence electrons. The molecule has 49 heavy (non-hydrogen) atoms. The van der Waals surface area contributed by atoms with Crippen LogP contribution in [0.3, 0.4) is 0 Å². The average molecular weight is 662 g/mol. The zero-order chi connectivity index (χ0) is 34.5. The molecular formula is C38H43N7O4. The molecule has 1 aliphatic rings. The van der Waals surface area contributed by atoms with Crippen LogP contribution in [-0.4, -0.2) is 64.2 Å². The summed E-state index contributed by atoms with van der Waals surface area (Å²) in [6, 6.07) is 24.1. The molecule has 3 N–H and O–H groups in total. The van der Waals surface area contributed by atoms with Crippen molar-refractivity contribution >= 4 is 34.4 Å². The molecule has 1 unspecified atom stereocenters. The summed E-state index contributed by atoms with van der Waals surface area (Å²) in [6.45, 7) is 4.18. The second-order valence-electron chi connectivity index (χ2n) is 12.7. The Morgan fingerprint density at radius 3 is 2.31 bits per heavy atom. The number of nitrogens with zero attached hydrogens (tertiary/aromatic N) is 4. The van der Waals surface area contributed by atoms with E-state index >= 15 is 0 Å². The Morgan fingerprint density at radius 2 is 1.61 bits per heavy atom. The number of amides is 1. The number of aryl methyl sites for hydroxylation is 1. The van der Waals surface area contributed by atoms with E-state index in [1.807, 2.05) is 80.5 Å². The molecule has 0 spiro atoms. The number of Topliss-reactive ketones (excluding diaryl/α,β-unsaturated/α-hetero) is 1. The first-order chi connectivity index (χ1) is 23.7. The number of carbonyl (C=O) groups excluding carboxylic acids is 2. The summed E-state index contributed by atoms with van der Waals surface area (Å²) in [7, 11) is 3.94. The number of fused-ring (bicyclic) bond motifs is 1. The van der Waals surface area contributed by atoms with Gasteiger partial charge in [0.25, 0.3) is 5.56 Å². The molecule has 1 saturated carbocycles. The third kappa shape index (κ3) is 7.51. The zero-order valence-corrected chi connectivity index (χ0v) is 28.4. The highest BCUT2D eigenvalue weighted by molar-refractivity contribution is 6.00. The van der Waals surface area contributed by atoms with Gasteiger partial charge in [0.2, 0.25) is 11.9 Å². The van der Waals surface area contributed by atoms with E-state index < -0.39 is 5.92 Å². The highest BCUT2D eigenvalue weighted by Gasteiger charge is 2.33. The Bertz CT molecular complexity index is 1980. The van der Waals surface area contributed by atoms with Gasteiger partial charge in [-0.25, -0.2) is 9.67 Å². The second kappa shape index (κ2) is 14.8. The first-order valence-electron chi connectivity index (χ1n) is 16.9. The van der Waals surface area contributed by atoms with Gasteiger partial charge in [-0.05, 0) is 88.1 Å². The summed E-state index contributed by atoms with van der Waals surface area (Å²) >= 11 is 0.